The summed E-state index contributed by atoms with van der Waals surface area (Å²) in [5.74, 6) is -1.22. The highest BCUT2D eigenvalue weighted by atomic mass is 19.1. The first-order valence-corrected chi connectivity index (χ1v) is 11.0. The van der Waals surface area contributed by atoms with Gasteiger partial charge in [0.15, 0.2) is 5.82 Å². The van der Waals surface area contributed by atoms with Crippen LogP contribution in [-0.4, -0.2) is 34.9 Å². The largest absolute Gasteiger partial charge is 0.252 e. The van der Waals surface area contributed by atoms with Crippen molar-refractivity contribution in [2.45, 2.75) is 44.9 Å². The third kappa shape index (κ3) is 2.59. The molecule has 3 heterocycles. The maximum atomic E-state index is 15.4. The van der Waals surface area contributed by atoms with Gasteiger partial charge in [-0.1, -0.05) is 19.9 Å². The van der Waals surface area contributed by atoms with E-state index in [4.69, 9.17) is 0 Å². The van der Waals surface area contributed by atoms with Crippen LogP contribution < -0.4 is 0 Å². The number of nitrogens with zero attached hydrogens (tertiary/aromatic N) is 7. The summed E-state index contributed by atoms with van der Waals surface area (Å²) in [6.07, 6.45) is 3.99. The van der Waals surface area contributed by atoms with Crippen molar-refractivity contribution in [3.8, 4) is 17.2 Å². The van der Waals surface area contributed by atoms with E-state index in [9.17, 15) is 8.78 Å². The minimum absolute atomic E-state index is 0.00184. The van der Waals surface area contributed by atoms with Crippen LogP contribution in [0, 0.1) is 29.8 Å². The van der Waals surface area contributed by atoms with Crippen LogP contribution in [0.15, 0.2) is 36.8 Å². The van der Waals surface area contributed by atoms with Crippen molar-refractivity contribution in [3.05, 3.63) is 77.0 Å². The second kappa shape index (κ2) is 6.91. The predicted molar refractivity (Wildman–Crippen MR) is 116 cm³/mol. The van der Waals surface area contributed by atoms with E-state index in [1.165, 1.54) is 29.2 Å². The minimum atomic E-state index is -0.871. The van der Waals surface area contributed by atoms with Crippen LogP contribution in [0.5, 0.6) is 0 Å². The lowest BCUT2D eigenvalue weighted by Crippen LogP contribution is -2.39. The molecule has 0 unspecified atom stereocenters. The number of halogens is 3. The average Bonchev–Trinajstić information content (AvgIpc) is 3.40. The van der Waals surface area contributed by atoms with Gasteiger partial charge in [0.05, 0.1) is 34.3 Å². The number of fused-ring (bicyclic) bond motifs is 5. The topological polar surface area (TPSA) is 82.3 Å². The Labute approximate surface area is 193 Å². The molecule has 2 atom stereocenters. The van der Waals surface area contributed by atoms with Gasteiger partial charge in [0.25, 0.3) is 5.95 Å². The van der Waals surface area contributed by atoms with Gasteiger partial charge < -0.3 is 0 Å². The zero-order chi connectivity index (χ0) is 23.8. The number of aromatic nitrogens is 7. The molecule has 0 saturated heterocycles. The van der Waals surface area contributed by atoms with Crippen molar-refractivity contribution in [2.75, 3.05) is 0 Å². The van der Waals surface area contributed by atoms with Gasteiger partial charge in [0.2, 0.25) is 0 Å². The second-order valence-electron chi connectivity index (χ2n) is 9.45. The van der Waals surface area contributed by atoms with E-state index >= 15 is 4.39 Å². The summed E-state index contributed by atoms with van der Waals surface area (Å²) >= 11 is 0. The van der Waals surface area contributed by atoms with E-state index < -0.39 is 28.3 Å². The molecule has 172 valence electrons. The van der Waals surface area contributed by atoms with Crippen molar-refractivity contribution in [1.82, 2.24) is 34.9 Å². The van der Waals surface area contributed by atoms with Crippen molar-refractivity contribution < 1.29 is 13.2 Å². The molecule has 0 aliphatic heterocycles. The number of aryl methyl sites for hydroxylation is 1. The van der Waals surface area contributed by atoms with Crippen LogP contribution in [0.3, 0.4) is 0 Å². The van der Waals surface area contributed by atoms with Gasteiger partial charge in [-0.3, -0.25) is 0 Å². The van der Waals surface area contributed by atoms with Gasteiger partial charge in [0.1, 0.15) is 23.8 Å². The molecule has 0 radical (unpaired) electrons. The predicted octanol–water partition coefficient (Wildman–Crippen LogP) is 4.44. The zero-order valence-corrected chi connectivity index (χ0v) is 18.7. The summed E-state index contributed by atoms with van der Waals surface area (Å²) in [5.41, 5.74) is 0.188. The Morgan fingerprint density at radius 2 is 1.76 bits per heavy atom. The number of benzene rings is 1. The van der Waals surface area contributed by atoms with Gasteiger partial charge in [-0.05, 0) is 54.9 Å². The van der Waals surface area contributed by atoms with E-state index in [2.05, 4.69) is 44.1 Å². The lowest BCUT2D eigenvalue weighted by atomic mass is 9.66. The van der Waals surface area contributed by atoms with E-state index in [0.717, 1.165) is 18.2 Å². The molecule has 6 rings (SSSR count). The lowest BCUT2D eigenvalue weighted by Gasteiger charge is -2.37. The Bertz CT molecular complexity index is 1440. The van der Waals surface area contributed by atoms with Gasteiger partial charge in [-0.15, -0.1) is 10.2 Å². The van der Waals surface area contributed by atoms with Crippen LogP contribution in [0.2, 0.25) is 0 Å². The second-order valence-corrected chi connectivity index (χ2v) is 9.45. The highest BCUT2D eigenvalue weighted by Gasteiger charge is 2.66. The van der Waals surface area contributed by atoms with Crippen molar-refractivity contribution in [1.29, 1.82) is 0 Å². The molecule has 0 spiro atoms. The lowest BCUT2D eigenvalue weighted by molar-refractivity contribution is 0.235. The summed E-state index contributed by atoms with van der Waals surface area (Å²) < 4.78 is 45.6. The molecule has 0 N–H and O–H groups in total. The fourth-order valence-electron chi connectivity index (χ4n) is 5.92. The van der Waals surface area contributed by atoms with Gasteiger partial charge in [-0.2, -0.15) is 9.78 Å². The molecule has 10 heteroatoms. The highest BCUT2D eigenvalue weighted by molar-refractivity contribution is 5.64. The third-order valence-corrected chi connectivity index (χ3v) is 7.55. The summed E-state index contributed by atoms with van der Waals surface area (Å²) in [7, 11) is 0. The molecule has 1 aromatic carbocycles. The Balaban J connectivity index is 1.56. The van der Waals surface area contributed by atoms with E-state index in [0.29, 0.717) is 17.9 Å². The Morgan fingerprint density at radius 3 is 2.47 bits per heavy atom. The van der Waals surface area contributed by atoms with Gasteiger partial charge >= 0.3 is 0 Å². The molecule has 2 aliphatic rings. The highest BCUT2D eigenvalue weighted by Crippen LogP contribution is 2.69. The molecular weight excluding hydrogens is 443 g/mol. The maximum absolute atomic E-state index is 15.4. The molecule has 4 aromatic rings. The molecule has 3 aromatic heterocycles. The summed E-state index contributed by atoms with van der Waals surface area (Å²) in [4.78, 5) is 12.8. The molecule has 1 saturated carbocycles. The van der Waals surface area contributed by atoms with Crippen LogP contribution in [0.25, 0.3) is 17.2 Å². The zero-order valence-electron chi connectivity index (χ0n) is 18.7. The summed E-state index contributed by atoms with van der Waals surface area (Å²) in [5, 5.41) is 12.9. The first-order chi connectivity index (χ1) is 16.2. The van der Waals surface area contributed by atoms with E-state index in [-0.39, 0.29) is 28.8 Å². The van der Waals surface area contributed by atoms with E-state index in [1.54, 1.807) is 13.0 Å². The summed E-state index contributed by atoms with van der Waals surface area (Å²) in [6.45, 7) is 5.84. The fourth-order valence-corrected chi connectivity index (χ4v) is 5.92. The molecule has 0 amide bonds. The normalized spacial score (nSPS) is 22.2. The van der Waals surface area contributed by atoms with Gasteiger partial charge in [0, 0.05) is 0 Å². The first kappa shape index (κ1) is 20.9. The Kier molecular flexibility index (Phi) is 4.24. The Hall–Kier alpha value is -3.69. The fraction of sp³-hybridized carbons (Fsp3) is 0.333. The average molecular weight is 463 g/mol. The smallest absolute Gasteiger partial charge is 0.220 e. The van der Waals surface area contributed by atoms with Crippen LogP contribution in [0.1, 0.15) is 55.4 Å². The van der Waals surface area contributed by atoms with E-state index in [1.807, 2.05) is 0 Å². The van der Waals surface area contributed by atoms with Crippen LogP contribution >= 0.6 is 0 Å². The molecule has 2 aliphatic carbocycles. The number of hydrogen-bond donors (Lipinski definition) is 0. The monoisotopic (exact) mass is 463 g/mol. The van der Waals surface area contributed by atoms with Crippen molar-refractivity contribution in [2.24, 2.45) is 5.41 Å². The SMILES string of the molecule is Cc1ncn(-c2ncc(F)c([C@]34CC[C@@H](c5cc(-c6c(F)cccc6F)nnc53)C4(C)C)n2)n1. The van der Waals surface area contributed by atoms with Crippen molar-refractivity contribution >= 4 is 0 Å². The number of rotatable bonds is 3. The number of hydrogen-bond acceptors (Lipinski definition) is 6. The maximum Gasteiger partial charge on any atom is 0.252 e. The van der Waals surface area contributed by atoms with Crippen LogP contribution in [0.4, 0.5) is 13.2 Å². The minimum Gasteiger partial charge on any atom is -0.220 e. The van der Waals surface area contributed by atoms with Crippen LogP contribution in [-0.2, 0) is 5.41 Å². The summed E-state index contributed by atoms with van der Waals surface area (Å²) in [6, 6.07) is 5.38. The first-order valence-electron chi connectivity index (χ1n) is 11.0. The molecule has 1 fully saturated rings. The Morgan fingerprint density at radius 1 is 1.00 bits per heavy atom. The quantitative estimate of drug-likeness (QED) is 0.447. The van der Waals surface area contributed by atoms with Crippen molar-refractivity contribution in [3.63, 3.8) is 0 Å². The standard InChI is InChI=1S/C24H20F3N7/c1-12-29-11-34(33-12)22-28-10-17(27)21(30-22)24-8-7-14(23(24,2)3)13-9-18(31-32-20(13)24)19-15(25)5-4-6-16(19)26/h4-6,9-11,14H,7-8H2,1-3H3/t14-,24-/m0/s1. The third-order valence-electron chi connectivity index (χ3n) is 7.55. The van der Waals surface area contributed by atoms with Gasteiger partial charge in [-0.25, -0.2) is 28.1 Å². The molecule has 7 nitrogen and oxygen atoms in total. The molecule has 34 heavy (non-hydrogen) atoms. The molecule has 2 bridgehead atoms. The molecular formula is C24H20F3N7.